The highest BCUT2D eigenvalue weighted by Crippen LogP contribution is 2.02. The standard InChI is InChI=1S/C12H22N4O6/c1-6(2)10(12(22)14-4-9(19)20)16-11(21)7(5-17)15-8(18)3-13/h6-7,10,17H,3-5,13H2,1-2H3,(H,14,22)(H,15,18)(H,16,21)(H,19,20). The number of aliphatic hydroxyl groups excluding tert-OH is 1. The van der Waals surface area contributed by atoms with E-state index in [4.69, 9.17) is 15.9 Å². The van der Waals surface area contributed by atoms with Gasteiger partial charge in [0.15, 0.2) is 0 Å². The molecule has 0 spiro atoms. The minimum absolute atomic E-state index is 0.331. The molecular weight excluding hydrogens is 296 g/mol. The molecule has 0 bridgehead atoms. The van der Waals surface area contributed by atoms with E-state index in [9.17, 15) is 19.2 Å². The van der Waals surface area contributed by atoms with E-state index >= 15 is 0 Å². The summed E-state index contributed by atoms with van der Waals surface area (Å²) in [6.45, 7) is 1.70. The molecule has 0 rings (SSSR count). The molecule has 0 aromatic rings. The van der Waals surface area contributed by atoms with Crippen molar-refractivity contribution in [1.82, 2.24) is 16.0 Å². The van der Waals surface area contributed by atoms with E-state index in [1.807, 2.05) is 0 Å². The molecule has 0 aliphatic heterocycles. The van der Waals surface area contributed by atoms with Crippen molar-refractivity contribution in [3.8, 4) is 0 Å². The molecule has 126 valence electrons. The Balaban J connectivity index is 4.78. The highest BCUT2D eigenvalue weighted by molar-refractivity contribution is 5.93. The van der Waals surface area contributed by atoms with E-state index in [0.29, 0.717) is 0 Å². The highest BCUT2D eigenvalue weighted by Gasteiger charge is 2.28. The van der Waals surface area contributed by atoms with Gasteiger partial charge in [-0.25, -0.2) is 0 Å². The number of aliphatic hydroxyl groups is 1. The molecule has 7 N–H and O–H groups in total. The largest absolute Gasteiger partial charge is 0.480 e. The molecular formula is C12H22N4O6. The predicted octanol–water partition coefficient (Wildman–Crippen LogP) is -3.24. The Kier molecular flexibility index (Phi) is 8.72. The minimum Gasteiger partial charge on any atom is -0.480 e. The first kappa shape index (κ1) is 19.8. The van der Waals surface area contributed by atoms with Crippen LogP contribution >= 0.6 is 0 Å². The number of carboxylic acid groups (broad SMARTS) is 1. The van der Waals surface area contributed by atoms with Gasteiger partial charge in [-0.2, -0.15) is 0 Å². The fraction of sp³-hybridized carbons (Fsp3) is 0.667. The van der Waals surface area contributed by atoms with E-state index in [1.165, 1.54) is 0 Å². The van der Waals surface area contributed by atoms with Gasteiger partial charge in [0.05, 0.1) is 13.2 Å². The topological polar surface area (TPSA) is 171 Å². The summed E-state index contributed by atoms with van der Waals surface area (Å²) in [5, 5.41) is 24.3. The first-order valence-electron chi connectivity index (χ1n) is 6.63. The average molecular weight is 318 g/mol. The smallest absolute Gasteiger partial charge is 0.322 e. The van der Waals surface area contributed by atoms with E-state index in [1.54, 1.807) is 13.8 Å². The van der Waals surface area contributed by atoms with E-state index in [2.05, 4.69) is 16.0 Å². The van der Waals surface area contributed by atoms with Crippen LogP contribution in [-0.2, 0) is 19.2 Å². The highest BCUT2D eigenvalue weighted by atomic mass is 16.4. The molecule has 0 aliphatic carbocycles. The molecule has 3 amide bonds. The molecule has 0 radical (unpaired) electrons. The van der Waals surface area contributed by atoms with Crippen molar-refractivity contribution in [2.24, 2.45) is 11.7 Å². The van der Waals surface area contributed by atoms with Gasteiger partial charge in [-0.3, -0.25) is 19.2 Å². The third kappa shape index (κ3) is 6.99. The van der Waals surface area contributed by atoms with Crippen molar-refractivity contribution in [1.29, 1.82) is 0 Å². The van der Waals surface area contributed by atoms with Gasteiger partial charge in [-0.15, -0.1) is 0 Å². The predicted molar refractivity (Wildman–Crippen MR) is 75.5 cm³/mol. The van der Waals surface area contributed by atoms with Gasteiger partial charge < -0.3 is 31.9 Å². The van der Waals surface area contributed by atoms with Crippen LogP contribution in [0.3, 0.4) is 0 Å². The summed E-state index contributed by atoms with van der Waals surface area (Å²) in [5.41, 5.74) is 5.10. The van der Waals surface area contributed by atoms with Crippen LogP contribution in [0.2, 0.25) is 0 Å². The summed E-state index contributed by atoms with van der Waals surface area (Å²) in [7, 11) is 0. The Morgan fingerprint density at radius 2 is 1.68 bits per heavy atom. The van der Waals surface area contributed by atoms with Gasteiger partial charge in [0.25, 0.3) is 0 Å². The summed E-state index contributed by atoms with van der Waals surface area (Å²) in [5.74, 6) is -3.63. The Hall–Kier alpha value is -2.20. The first-order valence-corrected chi connectivity index (χ1v) is 6.63. The maximum absolute atomic E-state index is 12.0. The summed E-state index contributed by atoms with van der Waals surface area (Å²) in [6.07, 6.45) is 0. The average Bonchev–Trinajstić information content (AvgIpc) is 2.46. The van der Waals surface area contributed by atoms with E-state index in [-0.39, 0.29) is 12.5 Å². The second-order valence-electron chi connectivity index (χ2n) is 4.85. The molecule has 0 saturated carbocycles. The summed E-state index contributed by atoms with van der Waals surface area (Å²) in [4.78, 5) is 45.4. The Bertz CT molecular complexity index is 426. The Morgan fingerprint density at radius 1 is 1.09 bits per heavy atom. The molecule has 10 nitrogen and oxygen atoms in total. The van der Waals surface area contributed by atoms with Crippen LogP contribution in [0.25, 0.3) is 0 Å². The molecule has 2 atom stereocenters. The van der Waals surface area contributed by atoms with Crippen LogP contribution in [0.5, 0.6) is 0 Å². The lowest BCUT2D eigenvalue weighted by Crippen LogP contribution is -2.57. The number of aliphatic carboxylic acids is 1. The van der Waals surface area contributed by atoms with E-state index < -0.39 is 48.9 Å². The molecule has 2 unspecified atom stereocenters. The lowest BCUT2D eigenvalue weighted by Gasteiger charge is -2.24. The first-order chi connectivity index (χ1) is 10.2. The molecule has 0 aromatic heterocycles. The third-order valence-corrected chi connectivity index (χ3v) is 2.68. The van der Waals surface area contributed by atoms with Crippen molar-refractivity contribution in [3.05, 3.63) is 0 Å². The Labute approximate surface area is 127 Å². The van der Waals surface area contributed by atoms with Gasteiger partial charge in [-0.05, 0) is 5.92 Å². The van der Waals surface area contributed by atoms with Crippen molar-refractivity contribution < 1.29 is 29.4 Å². The third-order valence-electron chi connectivity index (χ3n) is 2.68. The van der Waals surface area contributed by atoms with Crippen molar-refractivity contribution >= 4 is 23.7 Å². The molecule has 0 fully saturated rings. The normalized spacial score (nSPS) is 13.1. The Morgan fingerprint density at radius 3 is 2.09 bits per heavy atom. The molecule has 0 aromatic carbocycles. The number of carboxylic acids is 1. The monoisotopic (exact) mass is 318 g/mol. The zero-order valence-electron chi connectivity index (χ0n) is 12.5. The van der Waals surface area contributed by atoms with Crippen molar-refractivity contribution in [2.75, 3.05) is 19.7 Å². The second-order valence-corrected chi connectivity index (χ2v) is 4.85. The number of rotatable bonds is 9. The lowest BCUT2D eigenvalue weighted by molar-refractivity contribution is -0.139. The number of carbonyl (C=O) groups is 4. The lowest BCUT2D eigenvalue weighted by atomic mass is 10.0. The van der Waals surface area contributed by atoms with Gasteiger partial charge in [0.2, 0.25) is 17.7 Å². The van der Waals surface area contributed by atoms with E-state index in [0.717, 1.165) is 0 Å². The van der Waals surface area contributed by atoms with Crippen LogP contribution < -0.4 is 21.7 Å². The molecule has 0 heterocycles. The number of nitrogens with two attached hydrogens (primary N) is 1. The van der Waals surface area contributed by atoms with Gasteiger partial charge in [0.1, 0.15) is 18.6 Å². The van der Waals surface area contributed by atoms with Crippen LogP contribution in [0, 0.1) is 5.92 Å². The molecule has 0 aliphatic rings. The summed E-state index contributed by atoms with van der Waals surface area (Å²) < 4.78 is 0. The van der Waals surface area contributed by atoms with Crippen molar-refractivity contribution in [3.63, 3.8) is 0 Å². The van der Waals surface area contributed by atoms with Crippen LogP contribution in [-0.4, -0.2) is 65.7 Å². The number of nitrogens with one attached hydrogen (secondary N) is 3. The zero-order valence-corrected chi connectivity index (χ0v) is 12.5. The van der Waals surface area contributed by atoms with Crippen LogP contribution in [0.1, 0.15) is 13.8 Å². The quantitative estimate of drug-likeness (QED) is 0.259. The minimum atomic E-state index is -1.25. The number of carbonyl (C=O) groups excluding carboxylic acids is 3. The maximum atomic E-state index is 12.0. The number of amides is 3. The molecule has 22 heavy (non-hydrogen) atoms. The summed E-state index contributed by atoms with van der Waals surface area (Å²) in [6, 6.07) is -2.25. The summed E-state index contributed by atoms with van der Waals surface area (Å²) >= 11 is 0. The van der Waals surface area contributed by atoms with Gasteiger partial charge in [0, 0.05) is 0 Å². The fourth-order valence-electron chi connectivity index (χ4n) is 1.51. The second kappa shape index (κ2) is 9.68. The number of hydrogen-bond donors (Lipinski definition) is 6. The fourth-order valence-corrected chi connectivity index (χ4v) is 1.51. The van der Waals surface area contributed by atoms with Gasteiger partial charge >= 0.3 is 5.97 Å². The zero-order chi connectivity index (χ0) is 17.3. The van der Waals surface area contributed by atoms with Crippen LogP contribution in [0.15, 0.2) is 0 Å². The molecule has 0 saturated heterocycles. The van der Waals surface area contributed by atoms with Crippen molar-refractivity contribution in [2.45, 2.75) is 25.9 Å². The number of hydrogen-bond acceptors (Lipinski definition) is 6. The molecule has 10 heteroatoms. The van der Waals surface area contributed by atoms with Gasteiger partial charge in [-0.1, -0.05) is 13.8 Å². The SMILES string of the molecule is CC(C)C(NC(=O)C(CO)NC(=O)CN)C(=O)NCC(=O)O. The maximum Gasteiger partial charge on any atom is 0.322 e. The van der Waals surface area contributed by atoms with Crippen LogP contribution in [0.4, 0.5) is 0 Å².